The summed E-state index contributed by atoms with van der Waals surface area (Å²) in [5.41, 5.74) is 0.962. The van der Waals surface area contributed by atoms with Crippen LogP contribution in [0.5, 0.6) is 5.75 Å². The summed E-state index contributed by atoms with van der Waals surface area (Å²) in [4.78, 5) is 14.3. The zero-order valence-electron chi connectivity index (χ0n) is 14.0. The summed E-state index contributed by atoms with van der Waals surface area (Å²) >= 11 is 6.00. The van der Waals surface area contributed by atoms with Crippen LogP contribution in [-0.2, 0) is 6.61 Å². The Morgan fingerprint density at radius 2 is 2.04 bits per heavy atom. The number of furan rings is 1. The highest BCUT2D eigenvalue weighted by Gasteiger charge is 2.23. The van der Waals surface area contributed by atoms with Gasteiger partial charge in [0.15, 0.2) is 5.76 Å². The molecule has 0 N–H and O–H groups in total. The smallest absolute Gasteiger partial charge is 0.289 e. The van der Waals surface area contributed by atoms with Crippen molar-refractivity contribution in [3.63, 3.8) is 0 Å². The largest absolute Gasteiger partial charge is 0.486 e. The van der Waals surface area contributed by atoms with Crippen molar-refractivity contribution >= 4 is 17.5 Å². The molecule has 1 amide bonds. The Kier molecular flexibility index (Phi) is 5.14. The number of benzene rings is 1. The first-order chi connectivity index (χ1) is 11.5. The van der Waals surface area contributed by atoms with Gasteiger partial charge < -0.3 is 14.1 Å². The topological polar surface area (TPSA) is 42.7 Å². The second kappa shape index (κ2) is 7.31. The normalized spacial score (nSPS) is 15.5. The van der Waals surface area contributed by atoms with E-state index in [-0.39, 0.29) is 12.5 Å². The Balaban J connectivity index is 1.58. The van der Waals surface area contributed by atoms with Crippen LogP contribution in [0.2, 0.25) is 5.02 Å². The molecule has 0 bridgehead atoms. The highest BCUT2D eigenvalue weighted by Crippen LogP contribution is 2.23. The summed E-state index contributed by atoms with van der Waals surface area (Å²) < 4.78 is 11.4. The zero-order valence-corrected chi connectivity index (χ0v) is 14.8. The molecule has 2 aromatic rings. The predicted molar refractivity (Wildman–Crippen MR) is 93.5 cm³/mol. The van der Waals surface area contributed by atoms with Crippen molar-refractivity contribution in [2.24, 2.45) is 5.92 Å². The van der Waals surface area contributed by atoms with Crippen LogP contribution >= 0.6 is 11.6 Å². The van der Waals surface area contributed by atoms with E-state index in [0.29, 0.717) is 22.5 Å². The van der Waals surface area contributed by atoms with Crippen LogP contribution in [0, 0.1) is 12.8 Å². The maximum absolute atomic E-state index is 12.5. The second-order valence-corrected chi connectivity index (χ2v) is 6.85. The fourth-order valence-electron chi connectivity index (χ4n) is 2.80. The Morgan fingerprint density at radius 1 is 1.29 bits per heavy atom. The maximum atomic E-state index is 12.5. The van der Waals surface area contributed by atoms with Gasteiger partial charge in [0, 0.05) is 18.1 Å². The van der Waals surface area contributed by atoms with Crippen molar-refractivity contribution in [3.8, 4) is 5.75 Å². The number of carbonyl (C=O) groups is 1. The first-order valence-corrected chi connectivity index (χ1v) is 8.67. The van der Waals surface area contributed by atoms with Crippen molar-refractivity contribution in [2.45, 2.75) is 33.3 Å². The first kappa shape index (κ1) is 16.9. The number of halogens is 1. The fourth-order valence-corrected chi connectivity index (χ4v) is 2.92. The second-order valence-electron chi connectivity index (χ2n) is 6.44. The van der Waals surface area contributed by atoms with Crippen LogP contribution in [0.1, 0.15) is 41.6 Å². The van der Waals surface area contributed by atoms with Gasteiger partial charge in [0.25, 0.3) is 5.91 Å². The average Bonchev–Trinajstić information content (AvgIpc) is 3.05. The number of rotatable bonds is 4. The van der Waals surface area contributed by atoms with Gasteiger partial charge in [-0.25, -0.2) is 0 Å². The predicted octanol–water partition coefficient (Wildman–Crippen LogP) is 4.69. The molecule has 0 unspecified atom stereocenters. The molecule has 2 heterocycles. The van der Waals surface area contributed by atoms with Crippen molar-refractivity contribution in [2.75, 3.05) is 13.1 Å². The number of amides is 1. The molecule has 1 aromatic carbocycles. The maximum Gasteiger partial charge on any atom is 0.289 e. The molecule has 1 saturated heterocycles. The van der Waals surface area contributed by atoms with Gasteiger partial charge in [-0.1, -0.05) is 18.5 Å². The van der Waals surface area contributed by atoms with Crippen LogP contribution in [0.25, 0.3) is 0 Å². The van der Waals surface area contributed by atoms with E-state index in [2.05, 4.69) is 6.92 Å². The highest BCUT2D eigenvalue weighted by molar-refractivity contribution is 6.31. The molecular formula is C19H22ClNO3. The van der Waals surface area contributed by atoms with Gasteiger partial charge in [0.05, 0.1) is 0 Å². The van der Waals surface area contributed by atoms with E-state index in [9.17, 15) is 4.79 Å². The Labute approximate surface area is 147 Å². The van der Waals surface area contributed by atoms with Crippen LogP contribution in [0.4, 0.5) is 0 Å². The molecule has 5 heteroatoms. The fraction of sp³-hybridized carbons (Fsp3) is 0.421. The van der Waals surface area contributed by atoms with Crippen LogP contribution in [-0.4, -0.2) is 23.9 Å². The van der Waals surface area contributed by atoms with Crippen LogP contribution in [0.3, 0.4) is 0 Å². The van der Waals surface area contributed by atoms with Gasteiger partial charge in [0.2, 0.25) is 0 Å². The van der Waals surface area contributed by atoms with Gasteiger partial charge in [-0.2, -0.15) is 0 Å². The summed E-state index contributed by atoms with van der Waals surface area (Å²) in [5.74, 6) is 2.41. The van der Waals surface area contributed by atoms with Gasteiger partial charge in [-0.15, -0.1) is 0 Å². The van der Waals surface area contributed by atoms with E-state index in [1.165, 1.54) is 0 Å². The van der Waals surface area contributed by atoms with Crippen molar-refractivity contribution < 1.29 is 13.9 Å². The lowest BCUT2D eigenvalue weighted by molar-refractivity contribution is 0.0661. The molecule has 1 aliphatic heterocycles. The number of hydrogen-bond donors (Lipinski definition) is 0. The minimum atomic E-state index is -0.0320. The summed E-state index contributed by atoms with van der Waals surface area (Å²) in [6.07, 6.45) is 2.11. The van der Waals surface area contributed by atoms with E-state index >= 15 is 0 Å². The summed E-state index contributed by atoms with van der Waals surface area (Å²) in [7, 11) is 0. The molecule has 0 atom stereocenters. The number of ether oxygens (including phenoxy) is 1. The number of carbonyl (C=O) groups excluding carboxylic acids is 1. The standard InChI is InChI=1S/C19H22ClNO3/c1-13-7-9-21(10-8-13)19(22)18-6-4-16(24-18)12-23-15-3-5-17(20)14(2)11-15/h3-6,11,13H,7-10,12H2,1-2H3. The molecule has 24 heavy (non-hydrogen) atoms. The minimum Gasteiger partial charge on any atom is -0.486 e. The van der Waals surface area contributed by atoms with Gasteiger partial charge in [0.1, 0.15) is 18.1 Å². The summed E-state index contributed by atoms with van der Waals surface area (Å²) in [6.45, 7) is 6.04. The molecule has 0 aliphatic carbocycles. The van der Waals surface area contributed by atoms with Gasteiger partial charge in [-0.05, 0) is 61.6 Å². The van der Waals surface area contributed by atoms with E-state index in [4.69, 9.17) is 20.8 Å². The lowest BCUT2D eigenvalue weighted by Gasteiger charge is -2.29. The van der Waals surface area contributed by atoms with Crippen molar-refractivity contribution in [1.82, 2.24) is 4.90 Å². The van der Waals surface area contributed by atoms with E-state index in [1.54, 1.807) is 18.2 Å². The lowest BCUT2D eigenvalue weighted by atomic mass is 9.99. The van der Waals surface area contributed by atoms with E-state index in [0.717, 1.165) is 37.2 Å². The van der Waals surface area contributed by atoms with Gasteiger partial charge >= 0.3 is 0 Å². The Bertz CT molecular complexity index is 717. The Hall–Kier alpha value is -1.94. The first-order valence-electron chi connectivity index (χ1n) is 8.30. The van der Waals surface area contributed by atoms with Gasteiger partial charge in [-0.3, -0.25) is 4.79 Å². The zero-order chi connectivity index (χ0) is 17.1. The van der Waals surface area contributed by atoms with E-state index in [1.807, 2.05) is 24.0 Å². The van der Waals surface area contributed by atoms with Crippen LogP contribution in [0.15, 0.2) is 34.7 Å². The lowest BCUT2D eigenvalue weighted by Crippen LogP contribution is -2.37. The monoisotopic (exact) mass is 347 g/mol. The van der Waals surface area contributed by atoms with Crippen molar-refractivity contribution in [3.05, 3.63) is 52.4 Å². The molecule has 0 radical (unpaired) electrons. The number of aryl methyl sites for hydroxylation is 1. The summed E-state index contributed by atoms with van der Waals surface area (Å²) in [5, 5.41) is 0.712. The average molecular weight is 348 g/mol. The molecule has 1 aromatic heterocycles. The number of nitrogens with zero attached hydrogens (tertiary/aromatic N) is 1. The molecule has 0 spiro atoms. The third kappa shape index (κ3) is 3.93. The highest BCUT2D eigenvalue weighted by atomic mass is 35.5. The number of piperidine rings is 1. The molecule has 3 rings (SSSR count). The number of hydrogen-bond acceptors (Lipinski definition) is 3. The molecular weight excluding hydrogens is 326 g/mol. The summed E-state index contributed by atoms with van der Waals surface area (Å²) in [6, 6.07) is 9.03. The van der Waals surface area contributed by atoms with Crippen LogP contribution < -0.4 is 4.74 Å². The minimum absolute atomic E-state index is 0.0320. The molecule has 0 saturated carbocycles. The molecule has 1 aliphatic rings. The SMILES string of the molecule is Cc1cc(OCc2ccc(C(=O)N3CCC(C)CC3)o2)ccc1Cl. The quantitative estimate of drug-likeness (QED) is 0.805. The third-order valence-corrected chi connectivity index (χ3v) is 4.88. The molecule has 128 valence electrons. The van der Waals surface area contributed by atoms with Crippen molar-refractivity contribution in [1.29, 1.82) is 0 Å². The number of likely N-dealkylation sites (tertiary alicyclic amines) is 1. The molecule has 1 fully saturated rings. The third-order valence-electron chi connectivity index (χ3n) is 4.45. The molecule has 4 nitrogen and oxygen atoms in total. The Morgan fingerprint density at radius 3 is 2.75 bits per heavy atom. The van der Waals surface area contributed by atoms with E-state index < -0.39 is 0 Å².